The van der Waals surface area contributed by atoms with E-state index in [1.807, 2.05) is 49.4 Å². The van der Waals surface area contributed by atoms with Gasteiger partial charge in [0.15, 0.2) is 0 Å². The smallest absolute Gasteiger partial charge is 0.288 e. The lowest BCUT2D eigenvalue weighted by atomic mass is 9.74. The molecule has 0 aliphatic carbocycles. The minimum Gasteiger partial charge on any atom is -0.381 e. The average Bonchev–Trinajstić information content (AvgIpc) is 2.80. The van der Waals surface area contributed by atoms with Crippen LogP contribution in [0, 0.1) is 6.92 Å². The average molecular weight is 406 g/mol. The van der Waals surface area contributed by atoms with Gasteiger partial charge in [0.25, 0.3) is 11.8 Å². The van der Waals surface area contributed by atoms with Crippen molar-refractivity contribution in [2.24, 2.45) is 4.99 Å². The van der Waals surface area contributed by atoms with E-state index < -0.39 is 0 Å². The van der Waals surface area contributed by atoms with E-state index in [0.29, 0.717) is 25.4 Å². The third-order valence-electron chi connectivity index (χ3n) is 5.77. The number of ether oxygens (including phenoxy) is 1. The molecule has 1 saturated heterocycles. The predicted molar refractivity (Wildman–Crippen MR) is 115 cm³/mol. The van der Waals surface area contributed by atoms with Crippen LogP contribution in [-0.2, 0) is 19.7 Å². The van der Waals surface area contributed by atoms with E-state index >= 15 is 0 Å². The normalized spacial score (nSPS) is 18.4. The molecule has 4 rings (SSSR count). The molecule has 30 heavy (non-hydrogen) atoms. The number of carbonyl (C=O) groups is 2. The van der Waals surface area contributed by atoms with Gasteiger partial charge in [-0.15, -0.1) is 0 Å². The van der Waals surface area contributed by atoms with Gasteiger partial charge in [-0.3, -0.25) is 20.0 Å². The van der Waals surface area contributed by atoms with Gasteiger partial charge in [0, 0.05) is 25.2 Å². The van der Waals surface area contributed by atoms with Crippen molar-refractivity contribution in [2.75, 3.05) is 31.3 Å². The van der Waals surface area contributed by atoms with E-state index in [9.17, 15) is 9.59 Å². The fraction of sp³-hybridized carbons (Fsp3) is 0.348. The molecule has 2 N–H and O–H groups in total. The van der Waals surface area contributed by atoms with Crippen molar-refractivity contribution in [1.29, 1.82) is 0 Å². The van der Waals surface area contributed by atoms with Crippen LogP contribution in [0.1, 0.15) is 24.0 Å². The Balaban J connectivity index is 1.46. The molecule has 2 aliphatic heterocycles. The van der Waals surface area contributed by atoms with Gasteiger partial charge in [0.2, 0.25) is 5.84 Å². The van der Waals surface area contributed by atoms with E-state index in [2.05, 4.69) is 27.9 Å². The third-order valence-corrected chi connectivity index (χ3v) is 5.77. The number of hydrazine groups is 1. The number of carbonyl (C=O) groups excluding carboxylic acids is 2. The van der Waals surface area contributed by atoms with Gasteiger partial charge < -0.3 is 10.1 Å². The summed E-state index contributed by atoms with van der Waals surface area (Å²) in [6.07, 6.45) is 1.68. The zero-order valence-electron chi connectivity index (χ0n) is 17.1. The molecule has 1 fully saturated rings. The molecule has 2 aromatic carbocycles. The summed E-state index contributed by atoms with van der Waals surface area (Å²) in [5.74, 6) is -0.382. The van der Waals surface area contributed by atoms with Crippen molar-refractivity contribution in [3.63, 3.8) is 0 Å². The molecule has 0 unspecified atom stereocenters. The van der Waals surface area contributed by atoms with Crippen LogP contribution in [0.3, 0.4) is 0 Å². The Morgan fingerprint density at radius 1 is 1.13 bits per heavy atom. The largest absolute Gasteiger partial charge is 0.381 e. The summed E-state index contributed by atoms with van der Waals surface area (Å²) in [6, 6.07) is 17.8. The number of aliphatic imine (C=N–C) groups is 1. The summed E-state index contributed by atoms with van der Waals surface area (Å²) < 4.78 is 5.56. The number of amidine groups is 1. The zero-order valence-corrected chi connectivity index (χ0v) is 17.1. The number of nitrogens with one attached hydrogen (secondary N) is 2. The highest BCUT2D eigenvalue weighted by Gasteiger charge is 2.35. The third kappa shape index (κ3) is 4.21. The molecule has 0 saturated carbocycles. The maximum atomic E-state index is 12.9. The number of hydrogen-bond acceptors (Lipinski definition) is 5. The van der Waals surface area contributed by atoms with Crippen molar-refractivity contribution in [1.82, 2.24) is 10.7 Å². The topological polar surface area (TPSA) is 83.0 Å². The number of hydrogen-bond donors (Lipinski definition) is 2. The van der Waals surface area contributed by atoms with E-state index in [1.165, 1.54) is 10.6 Å². The highest BCUT2D eigenvalue weighted by Crippen LogP contribution is 2.34. The number of amides is 2. The standard InChI is InChI=1S/C23H26N4O3/c1-17-7-9-19(10-8-17)27-20(28)15-24-21(26-27)22(29)25-16-23(11-13-30-14-12-23)18-5-3-2-4-6-18/h2-10H,11-16H2,1H3,(H,24,26)(H,25,29). The first kappa shape index (κ1) is 20.1. The Bertz CT molecular complexity index is 935. The van der Waals surface area contributed by atoms with E-state index in [-0.39, 0.29) is 29.6 Å². The molecule has 7 heteroatoms. The van der Waals surface area contributed by atoms with Crippen LogP contribution in [0.4, 0.5) is 5.69 Å². The first-order valence-corrected chi connectivity index (χ1v) is 10.2. The number of benzene rings is 2. The quantitative estimate of drug-likeness (QED) is 0.797. The van der Waals surface area contributed by atoms with Crippen LogP contribution >= 0.6 is 0 Å². The summed E-state index contributed by atoms with van der Waals surface area (Å²) in [4.78, 5) is 29.3. The van der Waals surface area contributed by atoms with Crippen molar-refractivity contribution >= 4 is 23.3 Å². The maximum absolute atomic E-state index is 12.9. The molecule has 7 nitrogen and oxygen atoms in total. The molecule has 2 heterocycles. The molecule has 0 bridgehead atoms. The second kappa shape index (κ2) is 8.67. The van der Waals surface area contributed by atoms with E-state index in [4.69, 9.17) is 4.74 Å². The molecule has 156 valence electrons. The highest BCUT2D eigenvalue weighted by atomic mass is 16.5. The molecule has 0 spiro atoms. The van der Waals surface area contributed by atoms with Crippen LogP contribution in [0.15, 0.2) is 59.6 Å². The lowest BCUT2D eigenvalue weighted by Crippen LogP contribution is -2.57. The second-order valence-corrected chi connectivity index (χ2v) is 7.78. The zero-order chi connectivity index (χ0) is 21.0. The monoisotopic (exact) mass is 406 g/mol. The van der Waals surface area contributed by atoms with Gasteiger partial charge in [0.05, 0.1) is 5.69 Å². The fourth-order valence-electron chi connectivity index (χ4n) is 3.90. The molecular formula is C23H26N4O3. The second-order valence-electron chi connectivity index (χ2n) is 7.78. The Morgan fingerprint density at radius 3 is 2.53 bits per heavy atom. The SMILES string of the molecule is Cc1ccc(N2NC(C(=O)NCC3(c4ccccc4)CCOCC3)=NCC2=O)cc1. The molecule has 0 atom stereocenters. The molecule has 0 aromatic heterocycles. The van der Waals surface area contributed by atoms with Crippen molar-refractivity contribution in [3.05, 3.63) is 65.7 Å². The Kier molecular flexibility index (Phi) is 5.81. The summed E-state index contributed by atoms with van der Waals surface area (Å²) in [5, 5.41) is 4.41. The maximum Gasteiger partial charge on any atom is 0.288 e. The molecular weight excluding hydrogens is 380 g/mol. The summed E-state index contributed by atoms with van der Waals surface area (Å²) in [5.41, 5.74) is 5.68. The summed E-state index contributed by atoms with van der Waals surface area (Å²) in [6.45, 7) is 3.73. The van der Waals surface area contributed by atoms with Gasteiger partial charge in [-0.25, -0.2) is 5.01 Å². The molecule has 2 aliphatic rings. The Labute approximate surface area is 176 Å². The van der Waals surface area contributed by atoms with Gasteiger partial charge in [0.1, 0.15) is 6.54 Å². The highest BCUT2D eigenvalue weighted by molar-refractivity contribution is 6.39. The van der Waals surface area contributed by atoms with Gasteiger partial charge in [-0.1, -0.05) is 48.0 Å². The van der Waals surface area contributed by atoms with Gasteiger partial charge >= 0.3 is 0 Å². The minimum atomic E-state index is -0.318. The van der Waals surface area contributed by atoms with E-state index in [0.717, 1.165) is 18.4 Å². The number of aryl methyl sites for hydroxylation is 1. The number of anilines is 1. The molecule has 2 aromatic rings. The van der Waals surface area contributed by atoms with Crippen LogP contribution < -0.4 is 15.8 Å². The predicted octanol–water partition coefficient (Wildman–Crippen LogP) is 2.11. The van der Waals surface area contributed by atoms with Gasteiger partial charge in [-0.05, 0) is 37.5 Å². The lowest BCUT2D eigenvalue weighted by molar-refractivity contribution is -0.118. The lowest BCUT2D eigenvalue weighted by Gasteiger charge is -2.38. The Morgan fingerprint density at radius 2 is 1.83 bits per heavy atom. The van der Waals surface area contributed by atoms with Crippen LogP contribution in [0.5, 0.6) is 0 Å². The van der Waals surface area contributed by atoms with Crippen LogP contribution in [-0.4, -0.2) is 44.0 Å². The first-order valence-electron chi connectivity index (χ1n) is 10.2. The van der Waals surface area contributed by atoms with Crippen molar-refractivity contribution in [2.45, 2.75) is 25.2 Å². The Hall–Kier alpha value is -3.19. The molecule has 2 amide bonds. The van der Waals surface area contributed by atoms with E-state index in [1.54, 1.807) is 0 Å². The minimum absolute atomic E-state index is 0.0682. The van der Waals surface area contributed by atoms with Crippen LogP contribution in [0.2, 0.25) is 0 Å². The summed E-state index contributed by atoms with van der Waals surface area (Å²) >= 11 is 0. The number of nitrogens with zero attached hydrogens (tertiary/aromatic N) is 2. The fourth-order valence-corrected chi connectivity index (χ4v) is 3.90. The molecule has 0 radical (unpaired) electrons. The van der Waals surface area contributed by atoms with Crippen molar-refractivity contribution < 1.29 is 14.3 Å². The van der Waals surface area contributed by atoms with Gasteiger partial charge in [-0.2, -0.15) is 0 Å². The van der Waals surface area contributed by atoms with Crippen molar-refractivity contribution in [3.8, 4) is 0 Å². The first-order chi connectivity index (χ1) is 14.6. The van der Waals surface area contributed by atoms with Crippen LogP contribution in [0.25, 0.3) is 0 Å². The number of rotatable bonds is 5. The summed E-state index contributed by atoms with van der Waals surface area (Å²) in [7, 11) is 0.